The molecule has 0 bridgehead atoms. The standard InChI is InChI=1S/C22H22N4O6S/c1-12-11-13(2)24-22(23-12)26-33(28,29)15-7-5-14(6-8-15)25-20-16-9-10-17(30-3)19(31-4)18(16)21(27)32-20/h5-11,20,25H,1-4H3,(H,23,24,26). The monoisotopic (exact) mass is 470 g/mol. The van der Waals surface area contributed by atoms with E-state index in [9.17, 15) is 13.2 Å². The van der Waals surface area contributed by atoms with Gasteiger partial charge in [0.15, 0.2) is 11.5 Å². The summed E-state index contributed by atoms with van der Waals surface area (Å²) in [5, 5.41) is 3.08. The number of aryl methyl sites for hydroxylation is 2. The molecule has 1 aromatic heterocycles. The molecule has 1 atom stereocenters. The Morgan fingerprint density at radius 2 is 1.64 bits per heavy atom. The lowest BCUT2D eigenvalue weighted by atomic mass is 10.1. The molecule has 4 rings (SSSR count). The second-order valence-corrected chi connectivity index (χ2v) is 8.98. The topological polar surface area (TPSA) is 129 Å². The van der Waals surface area contributed by atoms with Crippen molar-refractivity contribution in [2.45, 2.75) is 25.0 Å². The van der Waals surface area contributed by atoms with Gasteiger partial charge in [0.05, 0.1) is 19.1 Å². The van der Waals surface area contributed by atoms with E-state index >= 15 is 0 Å². The average Bonchev–Trinajstić information content (AvgIpc) is 3.07. The number of fused-ring (bicyclic) bond motifs is 1. The molecule has 10 nitrogen and oxygen atoms in total. The highest BCUT2D eigenvalue weighted by Gasteiger charge is 2.36. The number of cyclic esters (lactones) is 1. The third-order valence-corrected chi connectivity index (χ3v) is 6.30. The third kappa shape index (κ3) is 4.40. The van der Waals surface area contributed by atoms with Crippen LogP contribution in [0.2, 0.25) is 0 Å². The SMILES string of the molecule is COc1ccc2c(c1OC)C(=O)OC2Nc1ccc(S(=O)(=O)Nc2nc(C)cc(C)n2)cc1. The molecule has 1 unspecified atom stereocenters. The maximum atomic E-state index is 12.7. The number of hydrogen-bond acceptors (Lipinski definition) is 9. The molecule has 1 aliphatic heterocycles. The zero-order chi connectivity index (χ0) is 23.8. The van der Waals surface area contributed by atoms with Gasteiger partial charge in [-0.3, -0.25) is 0 Å². The van der Waals surface area contributed by atoms with Gasteiger partial charge in [-0.1, -0.05) is 0 Å². The van der Waals surface area contributed by atoms with Crippen LogP contribution < -0.4 is 19.5 Å². The van der Waals surface area contributed by atoms with Crippen molar-refractivity contribution in [2.75, 3.05) is 24.3 Å². The fourth-order valence-electron chi connectivity index (χ4n) is 3.54. The van der Waals surface area contributed by atoms with Crippen LogP contribution in [-0.4, -0.2) is 38.6 Å². The van der Waals surface area contributed by atoms with E-state index < -0.39 is 22.2 Å². The smallest absolute Gasteiger partial charge is 0.344 e. The maximum Gasteiger partial charge on any atom is 0.344 e. The number of rotatable bonds is 7. The van der Waals surface area contributed by atoms with Crippen LogP contribution in [0, 0.1) is 13.8 Å². The van der Waals surface area contributed by atoms with E-state index in [1.165, 1.54) is 26.4 Å². The van der Waals surface area contributed by atoms with E-state index in [0.29, 0.717) is 34.1 Å². The van der Waals surface area contributed by atoms with Gasteiger partial charge in [0.1, 0.15) is 5.56 Å². The van der Waals surface area contributed by atoms with Gasteiger partial charge in [0, 0.05) is 22.6 Å². The first kappa shape index (κ1) is 22.3. The first-order chi connectivity index (χ1) is 15.7. The quantitative estimate of drug-likeness (QED) is 0.500. The predicted molar refractivity (Wildman–Crippen MR) is 120 cm³/mol. The molecule has 0 fully saturated rings. The Kier molecular flexibility index (Phi) is 5.81. The molecule has 2 N–H and O–H groups in total. The van der Waals surface area contributed by atoms with Crippen molar-refractivity contribution in [3.8, 4) is 11.5 Å². The van der Waals surface area contributed by atoms with Crippen LogP contribution in [0.1, 0.15) is 33.5 Å². The molecule has 0 amide bonds. The number of hydrogen-bond donors (Lipinski definition) is 2. The molecule has 2 aromatic carbocycles. The van der Waals surface area contributed by atoms with Crippen LogP contribution in [-0.2, 0) is 14.8 Å². The molecule has 0 radical (unpaired) electrons. The van der Waals surface area contributed by atoms with Crippen molar-refractivity contribution < 1.29 is 27.4 Å². The fraction of sp³-hybridized carbons (Fsp3) is 0.227. The van der Waals surface area contributed by atoms with Crippen LogP contribution in [0.3, 0.4) is 0 Å². The lowest BCUT2D eigenvalue weighted by molar-refractivity contribution is 0.0435. The Labute approximate surface area is 191 Å². The molecule has 0 saturated heterocycles. The van der Waals surface area contributed by atoms with Crippen LogP contribution in [0.5, 0.6) is 11.5 Å². The summed E-state index contributed by atoms with van der Waals surface area (Å²) < 4.78 is 43.8. The molecular weight excluding hydrogens is 448 g/mol. The van der Waals surface area contributed by atoms with E-state index in [2.05, 4.69) is 20.0 Å². The van der Waals surface area contributed by atoms with Gasteiger partial charge in [-0.2, -0.15) is 0 Å². The molecule has 1 aliphatic rings. The molecule has 0 saturated carbocycles. The second kappa shape index (κ2) is 8.58. The minimum atomic E-state index is -3.88. The molecular formula is C22H22N4O6S. The number of carbonyl (C=O) groups is 1. The van der Waals surface area contributed by atoms with Gasteiger partial charge in [-0.15, -0.1) is 0 Å². The molecule has 2 heterocycles. The largest absolute Gasteiger partial charge is 0.493 e. The summed E-state index contributed by atoms with van der Waals surface area (Å²) in [6.07, 6.45) is -0.767. The van der Waals surface area contributed by atoms with Gasteiger partial charge in [-0.25, -0.2) is 27.9 Å². The first-order valence-electron chi connectivity index (χ1n) is 9.89. The number of aromatic nitrogens is 2. The van der Waals surface area contributed by atoms with Crippen molar-refractivity contribution in [2.24, 2.45) is 0 Å². The number of sulfonamides is 1. The molecule has 3 aromatic rings. The number of carbonyl (C=O) groups excluding carboxylic acids is 1. The zero-order valence-electron chi connectivity index (χ0n) is 18.4. The second-order valence-electron chi connectivity index (χ2n) is 7.30. The molecule has 33 heavy (non-hydrogen) atoms. The Morgan fingerprint density at radius 1 is 0.970 bits per heavy atom. The molecule has 172 valence electrons. The molecule has 0 aliphatic carbocycles. The summed E-state index contributed by atoms with van der Waals surface area (Å²) in [5.41, 5.74) is 2.73. The minimum Gasteiger partial charge on any atom is -0.493 e. The maximum absolute atomic E-state index is 12.7. The van der Waals surface area contributed by atoms with Gasteiger partial charge in [0.2, 0.25) is 12.2 Å². The summed E-state index contributed by atoms with van der Waals surface area (Å²) in [7, 11) is -0.954. The number of methoxy groups -OCH3 is 2. The van der Waals surface area contributed by atoms with Crippen LogP contribution >= 0.6 is 0 Å². The predicted octanol–water partition coefficient (Wildman–Crippen LogP) is 3.19. The Hall–Kier alpha value is -3.86. The van der Waals surface area contributed by atoms with Crippen molar-refractivity contribution >= 4 is 27.6 Å². The number of ether oxygens (including phenoxy) is 3. The van der Waals surface area contributed by atoms with Crippen molar-refractivity contribution in [3.63, 3.8) is 0 Å². The summed E-state index contributed by atoms with van der Waals surface area (Å²) in [6.45, 7) is 3.51. The number of esters is 1. The van der Waals surface area contributed by atoms with E-state index in [1.54, 1.807) is 44.2 Å². The fourth-order valence-corrected chi connectivity index (χ4v) is 4.48. The Balaban J connectivity index is 1.54. The number of nitrogens with one attached hydrogen (secondary N) is 2. The number of nitrogens with zero attached hydrogens (tertiary/aromatic N) is 2. The van der Waals surface area contributed by atoms with E-state index in [1.807, 2.05) is 0 Å². The van der Waals surface area contributed by atoms with Gasteiger partial charge in [0.25, 0.3) is 10.0 Å². The van der Waals surface area contributed by atoms with Crippen LogP contribution in [0.25, 0.3) is 0 Å². The van der Waals surface area contributed by atoms with Crippen LogP contribution in [0.15, 0.2) is 47.4 Å². The van der Waals surface area contributed by atoms with E-state index in [4.69, 9.17) is 14.2 Å². The minimum absolute atomic E-state index is 0.00792. The van der Waals surface area contributed by atoms with Crippen molar-refractivity contribution in [1.29, 1.82) is 0 Å². The lowest BCUT2D eigenvalue weighted by Gasteiger charge is -2.15. The van der Waals surface area contributed by atoms with Gasteiger partial charge < -0.3 is 19.5 Å². The zero-order valence-corrected chi connectivity index (χ0v) is 19.2. The third-order valence-electron chi connectivity index (χ3n) is 4.96. The normalized spacial score (nSPS) is 14.9. The van der Waals surface area contributed by atoms with E-state index in [-0.39, 0.29) is 16.4 Å². The van der Waals surface area contributed by atoms with Crippen LogP contribution in [0.4, 0.5) is 11.6 Å². The Morgan fingerprint density at radius 3 is 2.24 bits per heavy atom. The number of anilines is 2. The molecule has 11 heteroatoms. The van der Waals surface area contributed by atoms with Gasteiger partial charge >= 0.3 is 5.97 Å². The summed E-state index contributed by atoms with van der Waals surface area (Å²) in [5.74, 6) is 0.178. The van der Waals surface area contributed by atoms with Crippen molar-refractivity contribution in [1.82, 2.24) is 9.97 Å². The average molecular weight is 471 g/mol. The highest BCUT2D eigenvalue weighted by Crippen LogP contribution is 2.42. The summed E-state index contributed by atoms with van der Waals surface area (Å²) >= 11 is 0. The Bertz CT molecular complexity index is 1310. The number of benzene rings is 2. The highest BCUT2D eigenvalue weighted by atomic mass is 32.2. The van der Waals surface area contributed by atoms with Crippen molar-refractivity contribution in [3.05, 3.63) is 65.0 Å². The first-order valence-corrected chi connectivity index (χ1v) is 11.4. The summed E-state index contributed by atoms with van der Waals surface area (Å²) in [6, 6.07) is 11.2. The molecule has 0 spiro atoms. The highest BCUT2D eigenvalue weighted by molar-refractivity contribution is 7.92. The van der Waals surface area contributed by atoms with Gasteiger partial charge in [-0.05, 0) is 56.3 Å². The summed E-state index contributed by atoms with van der Waals surface area (Å²) in [4.78, 5) is 20.7. The lowest BCUT2D eigenvalue weighted by Crippen LogP contribution is -2.16. The van der Waals surface area contributed by atoms with E-state index in [0.717, 1.165) is 0 Å².